The van der Waals surface area contributed by atoms with E-state index in [1.54, 1.807) is 4.90 Å². The Kier molecular flexibility index (Phi) is 3.05. The molecule has 19 heavy (non-hydrogen) atoms. The van der Waals surface area contributed by atoms with Gasteiger partial charge in [-0.3, -0.25) is 4.79 Å². The minimum atomic E-state index is -0.277. The molecule has 0 radical (unpaired) electrons. The van der Waals surface area contributed by atoms with Gasteiger partial charge in [-0.1, -0.05) is 48.5 Å². The molecule has 0 fully saturated rings. The van der Waals surface area contributed by atoms with E-state index in [2.05, 4.69) is 0 Å². The van der Waals surface area contributed by atoms with Crippen LogP contribution in [0.4, 0.5) is 0 Å². The van der Waals surface area contributed by atoms with Crippen molar-refractivity contribution in [3.8, 4) is 0 Å². The number of nitrogens with zero attached hydrogens (tertiary/aromatic N) is 1. The molecule has 1 aliphatic rings. The monoisotopic (exact) mass is 253 g/mol. The van der Waals surface area contributed by atoms with Crippen molar-refractivity contribution in [2.24, 2.45) is 0 Å². The van der Waals surface area contributed by atoms with Crippen molar-refractivity contribution in [1.82, 2.24) is 4.90 Å². The first-order valence-electron chi connectivity index (χ1n) is 6.36. The zero-order valence-corrected chi connectivity index (χ0v) is 10.5. The molecule has 1 heterocycles. The molecule has 2 aromatic rings. The van der Waals surface area contributed by atoms with Crippen LogP contribution in [0.5, 0.6) is 0 Å². The summed E-state index contributed by atoms with van der Waals surface area (Å²) in [5.41, 5.74) is 2.74. The van der Waals surface area contributed by atoms with Gasteiger partial charge in [0.2, 0.25) is 0 Å². The fraction of sp³-hybridized carbons (Fsp3) is 0.188. The van der Waals surface area contributed by atoms with E-state index < -0.39 is 0 Å². The maximum atomic E-state index is 12.4. The summed E-state index contributed by atoms with van der Waals surface area (Å²) >= 11 is 0. The highest BCUT2D eigenvalue weighted by molar-refractivity contribution is 5.98. The summed E-state index contributed by atoms with van der Waals surface area (Å²) in [6.45, 7) is 0.499. The average molecular weight is 253 g/mol. The van der Waals surface area contributed by atoms with Gasteiger partial charge in [0, 0.05) is 12.1 Å². The molecule has 0 bridgehead atoms. The fourth-order valence-electron chi connectivity index (χ4n) is 2.59. The molecule has 1 atom stereocenters. The third-order valence-corrected chi connectivity index (χ3v) is 3.58. The Labute approximate surface area is 112 Å². The zero-order chi connectivity index (χ0) is 13.2. The first-order chi connectivity index (χ1) is 9.31. The van der Waals surface area contributed by atoms with Crippen LogP contribution in [0, 0.1) is 0 Å². The lowest BCUT2D eigenvalue weighted by Crippen LogP contribution is -2.31. The van der Waals surface area contributed by atoms with Gasteiger partial charge in [0.25, 0.3) is 5.91 Å². The summed E-state index contributed by atoms with van der Waals surface area (Å²) < 4.78 is 0. The summed E-state index contributed by atoms with van der Waals surface area (Å²) in [7, 11) is 0. The Morgan fingerprint density at radius 2 is 1.74 bits per heavy atom. The van der Waals surface area contributed by atoms with Gasteiger partial charge in [-0.15, -0.1) is 0 Å². The summed E-state index contributed by atoms with van der Waals surface area (Å²) in [5, 5.41) is 9.64. The molecule has 0 aliphatic carbocycles. The average Bonchev–Trinajstić information content (AvgIpc) is 2.79. The van der Waals surface area contributed by atoms with E-state index in [1.807, 2.05) is 54.6 Å². The standard InChI is InChI=1S/C16H15NO2/c18-11-15(12-6-2-1-3-7-12)17-10-13-8-4-5-9-14(13)16(17)19/h1-9,15,18H,10-11H2/t15-/m0/s1. The van der Waals surface area contributed by atoms with Gasteiger partial charge in [0.1, 0.15) is 0 Å². The lowest BCUT2D eigenvalue weighted by atomic mass is 10.1. The van der Waals surface area contributed by atoms with Crippen molar-refractivity contribution in [2.45, 2.75) is 12.6 Å². The lowest BCUT2D eigenvalue weighted by Gasteiger charge is -2.26. The number of carbonyl (C=O) groups excluding carboxylic acids is 1. The highest BCUT2D eigenvalue weighted by atomic mass is 16.3. The van der Waals surface area contributed by atoms with Gasteiger partial charge in [-0.25, -0.2) is 0 Å². The third kappa shape index (κ3) is 2.02. The van der Waals surface area contributed by atoms with E-state index in [1.165, 1.54) is 0 Å². The van der Waals surface area contributed by atoms with Gasteiger partial charge >= 0.3 is 0 Å². The van der Waals surface area contributed by atoms with Gasteiger partial charge in [-0.05, 0) is 17.2 Å². The Morgan fingerprint density at radius 3 is 2.42 bits per heavy atom. The maximum absolute atomic E-state index is 12.4. The number of hydrogen-bond donors (Lipinski definition) is 1. The molecular weight excluding hydrogens is 238 g/mol. The van der Waals surface area contributed by atoms with Gasteiger partial charge in [0.15, 0.2) is 0 Å². The number of benzene rings is 2. The van der Waals surface area contributed by atoms with Crippen LogP contribution in [-0.2, 0) is 6.54 Å². The number of hydrogen-bond acceptors (Lipinski definition) is 2. The fourth-order valence-corrected chi connectivity index (χ4v) is 2.59. The predicted molar refractivity (Wildman–Crippen MR) is 72.6 cm³/mol. The van der Waals surface area contributed by atoms with E-state index in [0.29, 0.717) is 6.54 Å². The van der Waals surface area contributed by atoms with Crippen molar-refractivity contribution >= 4 is 5.91 Å². The number of aliphatic hydroxyl groups is 1. The third-order valence-electron chi connectivity index (χ3n) is 3.58. The van der Waals surface area contributed by atoms with Crippen molar-refractivity contribution in [1.29, 1.82) is 0 Å². The van der Waals surface area contributed by atoms with E-state index in [0.717, 1.165) is 16.7 Å². The van der Waals surface area contributed by atoms with Crippen molar-refractivity contribution in [2.75, 3.05) is 6.61 Å². The van der Waals surface area contributed by atoms with Gasteiger partial charge in [0.05, 0.1) is 12.6 Å². The van der Waals surface area contributed by atoms with Crippen LogP contribution >= 0.6 is 0 Å². The van der Waals surface area contributed by atoms with Crippen LogP contribution in [0.15, 0.2) is 54.6 Å². The second-order valence-electron chi connectivity index (χ2n) is 4.70. The quantitative estimate of drug-likeness (QED) is 0.912. The molecule has 96 valence electrons. The Morgan fingerprint density at radius 1 is 1.05 bits per heavy atom. The normalized spacial score (nSPS) is 15.4. The summed E-state index contributed by atoms with van der Waals surface area (Å²) in [5.74, 6) is -0.00139. The number of fused-ring (bicyclic) bond motifs is 1. The van der Waals surface area contributed by atoms with E-state index >= 15 is 0 Å². The van der Waals surface area contributed by atoms with Crippen LogP contribution in [-0.4, -0.2) is 22.5 Å². The highest BCUT2D eigenvalue weighted by Crippen LogP contribution is 2.30. The molecule has 0 unspecified atom stereocenters. The minimum absolute atomic E-state index is 0.00139. The maximum Gasteiger partial charge on any atom is 0.255 e. The Balaban J connectivity index is 1.94. The molecule has 2 aromatic carbocycles. The van der Waals surface area contributed by atoms with Crippen molar-refractivity contribution in [3.05, 3.63) is 71.3 Å². The van der Waals surface area contributed by atoms with Crippen LogP contribution in [0.2, 0.25) is 0 Å². The number of amides is 1. The summed E-state index contributed by atoms with van der Waals surface area (Å²) in [4.78, 5) is 14.1. The molecule has 0 aromatic heterocycles. The van der Waals surface area contributed by atoms with Crippen LogP contribution in [0.1, 0.15) is 27.5 Å². The molecule has 1 N–H and O–H groups in total. The highest BCUT2D eigenvalue weighted by Gasteiger charge is 2.32. The lowest BCUT2D eigenvalue weighted by molar-refractivity contribution is 0.0615. The van der Waals surface area contributed by atoms with Crippen LogP contribution in [0.25, 0.3) is 0 Å². The first-order valence-corrected chi connectivity index (χ1v) is 6.36. The molecule has 3 rings (SSSR count). The number of rotatable bonds is 3. The largest absolute Gasteiger partial charge is 0.394 e. The number of aliphatic hydroxyl groups excluding tert-OH is 1. The molecule has 1 aliphatic heterocycles. The van der Waals surface area contributed by atoms with Crippen LogP contribution in [0.3, 0.4) is 0 Å². The second-order valence-corrected chi connectivity index (χ2v) is 4.70. The number of carbonyl (C=O) groups is 1. The predicted octanol–water partition coefficient (Wildman–Crippen LogP) is 2.38. The molecular formula is C16H15NO2. The molecule has 0 spiro atoms. The molecule has 3 nitrogen and oxygen atoms in total. The van der Waals surface area contributed by atoms with Gasteiger partial charge in [-0.2, -0.15) is 0 Å². The molecule has 0 saturated carbocycles. The second kappa shape index (κ2) is 4.86. The molecule has 3 heteroatoms. The van der Waals surface area contributed by atoms with Crippen molar-refractivity contribution < 1.29 is 9.90 Å². The van der Waals surface area contributed by atoms with Crippen molar-refractivity contribution in [3.63, 3.8) is 0 Å². The smallest absolute Gasteiger partial charge is 0.255 e. The minimum Gasteiger partial charge on any atom is -0.394 e. The Hall–Kier alpha value is -2.13. The van der Waals surface area contributed by atoms with Crippen LogP contribution < -0.4 is 0 Å². The Bertz CT molecular complexity index is 595. The first kappa shape index (κ1) is 11.9. The van der Waals surface area contributed by atoms with E-state index in [4.69, 9.17) is 0 Å². The molecule has 0 saturated heterocycles. The summed E-state index contributed by atoms with van der Waals surface area (Å²) in [6, 6.07) is 17.0. The SMILES string of the molecule is O=C1c2ccccc2CN1[C@@H](CO)c1ccccc1. The zero-order valence-electron chi connectivity index (χ0n) is 10.5. The molecule has 1 amide bonds. The van der Waals surface area contributed by atoms with Gasteiger partial charge < -0.3 is 10.0 Å². The summed E-state index contributed by atoms with van der Waals surface area (Å²) in [6.07, 6.45) is 0. The topological polar surface area (TPSA) is 40.5 Å². The van der Waals surface area contributed by atoms with E-state index in [9.17, 15) is 9.90 Å². The van der Waals surface area contributed by atoms with E-state index in [-0.39, 0.29) is 18.6 Å².